The fraction of sp³-hybridized carbons (Fsp3) is 0.333. The topological polar surface area (TPSA) is 57.8 Å². The van der Waals surface area contributed by atoms with Gasteiger partial charge in [-0.1, -0.05) is 12.1 Å². The lowest BCUT2D eigenvalue weighted by Crippen LogP contribution is -2.15. The summed E-state index contributed by atoms with van der Waals surface area (Å²) in [4.78, 5) is 18.8. The first kappa shape index (κ1) is 12.8. The van der Waals surface area contributed by atoms with Gasteiger partial charge >= 0.3 is 0 Å². The molecule has 1 aromatic heterocycles. The van der Waals surface area contributed by atoms with E-state index in [9.17, 15) is 9.18 Å². The molecule has 1 aliphatic carbocycles. The maximum absolute atomic E-state index is 12.9. The van der Waals surface area contributed by atoms with Crippen LogP contribution in [0.2, 0.25) is 0 Å². The molecule has 0 bridgehead atoms. The van der Waals surface area contributed by atoms with E-state index < -0.39 is 0 Å². The highest BCUT2D eigenvalue weighted by atomic mass is 19.1. The second-order valence-electron chi connectivity index (χ2n) is 5.21. The molecule has 20 heavy (non-hydrogen) atoms. The Morgan fingerprint density at radius 3 is 2.70 bits per heavy atom. The summed E-state index contributed by atoms with van der Waals surface area (Å²) in [5.74, 6) is 1.45. The summed E-state index contributed by atoms with van der Waals surface area (Å²) >= 11 is 0. The van der Waals surface area contributed by atoms with Crippen LogP contribution in [0.15, 0.2) is 35.1 Å². The number of H-pyrrole nitrogens is 1. The third-order valence-electron chi connectivity index (χ3n) is 3.46. The zero-order valence-electron chi connectivity index (χ0n) is 11.2. The van der Waals surface area contributed by atoms with E-state index in [0.717, 1.165) is 24.2 Å². The van der Waals surface area contributed by atoms with E-state index in [0.29, 0.717) is 11.7 Å². The van der Waals surface area contributed by atoms with Gasteiger partial charge in [0.2, 0.25) is 0 Å². The lowest BCUT2D eigenvalue weighted by atomic mass is 10.1. The quantitative estimate of drug-likeness (QED) is 0.900. The number of anilines is 1. The van der Waals surface area contributed by atoms with Crippen LogP contribution in [0.5, 0.6) is 0 Å². The maximum Gasteiger partial charge on any atom is 0.252 e. The molecule has 2 aromatic rings. The van der Waals surface area contributed by atoms with Gasteiger partial charge in [-0.15, -0.1) is 0 Å². The minimum absolute atomic E-state index is 0.0445. The Balaban J connectivity index is 1.79. The van der Waals surface area contributed by atoms with Crippen molar-refractivity contribution in [2.24, 2.45) is 0 Å². The van der Waals surface area contributed by atoms with Crippen LogP contribution in [0.1, 0.15) is 43.1 Å². The molecule has 1 saturated carbocycles. The molecule has 3 rings (SSSR count). The predicted octanol–water partition coefficient (Wildman–Crippen LogP) is 2.96. The molecular formula is C15H16FN3O. The van der Waals surface area contributed by atoms with Crippen LogP contribution >= 0.6 is 0 Å². The molecule has 1 atom stereocenters. The van der Waals surface area contributed by atoms with Crippen molar-refractivity contribution in [1.29, 1.82) is 0 Å². The lowest BCUT2D eigenvalue weighted by molar-refractivity contribution is 0.626. The lowest BCUT2D eigenvalue weighted by Gasteiger charge is -2.15. The molecule has 5 heteroatoms. The molecule has 1 aliphatic rings. The molecule has 0 amide bonds. The SMILES string of the molecule is CC(Nc1cc(=O)[nH]c(C2CC2)n1)c1ccc(F)cc1. The molecule has 0 radical (unpaired) electrons. The fourth-order valence-corrected chi connectivity index (χ4v) is 2.16. The van der Waals surface area contributed by atoms with Crippen molar-refractivity contribution in [3.8, 4) is 0 Å². The van der Waals surface area contributed by atoms with E-state index in [2.05, 4.69) is 15.3 Å². The average Bonchev–Trinajstić information content (AvgIpc) is 3.23. The van der Waals surface area contributed by atoms with Crippen LogP contribution in [-0.4, -0.2) is 9.97 Å². The molecule has 1 fully saturated rings. The van der Waals surface area contributed by atoms with E-state index in [1.165, 1.54) is 18.2 Å². The number of aromatic amines is 1. The highest BCUT2D eigenvalue weighted by Gasteiger charge is 2.26. The van der Waals surface area contributed by atoms with E-state index in [1.54, 1.807) is 12.1 Å². The van der Waals surface area contributed by atoms with Crippen molar-refractivity contribution in [3.63, 3.8) is 0 Å². The molecule has 0 saturated heterocycles. The maximum atomic E-state index is 12.9. The van der Waals surface area contributed by atoms with Crippen molar-refractivity contribution in [1.82, 2.24) is 9.97 Å². The molecule has 104 valence electrons. The van der Waals surface area contributed by atoms with Gasteiger partial charge in [0.15, 0.2) is 0 Å². The first-order valence-corrected chi connectivity index (χ1v) is 6.75. The number of nitrogens with zero attached hydrogens (tertiary/aromatic N) is 1. The van der Waals surface area contributed by atoms with Crippen LogP contribution < -0.4 is 10.9 Å². The smallest absolute Gasteiger partial charge is 0.252 e. The summed E-state index contributed by atoms with van der Waals surface area (Å²) in [7, 11) is 0. The van der Waals surface area contributed by atoms with Gasteiger partial charge in [0, 0.05) is 18.0 Å². The number of aromatic nitrogens is 2. The standard InChI is InChI=1S/C15H16FN3O/c1-9(10-4-6-12(16)7-5-10)17-13-8-14(20)19-15(18-13)11-2-3-11/h4-9,11H,2-3H2,1H3,(H2,17,18,19,20). The number of hydrogen-bond acceptors (Lipinski definition) is 3. The first-order chi connectivity index (χ1) is 9.61. The molecule has 0 spiro atoms. The molecule has 1 aromatic carbocycles. The van der Waals surface area contributed by atoms with Gasteiger partial charge in [0.1, 0.15) is 17.5 Å². The second-order valence-corrected chi connectivity index (χ2v) is 5.21. The largest absolute Gasteiger partial charge is 0.363 e. The number of halogens is 1. The normalized spacial score (nSPS) is 15.9. The summed E-state index contributed by atoms with van der Waals surface area (Å²) in [6, 6.07) is 7.70. The van der Waals surface area contributed by atoms with Crippen LogP contribution in [0.25, 0.3) is 0 Å². The van der Waals surface area contributed by atoms with Crippen LogP contribution in [0, 0.1) is 5.82 Å². The average molecular weight is 273 g/mol. The zero-order chi connectivity index (χ0) is 14.1. The minimum Gasteiger partial charge on any atom is -0.363 e. The van der Waals surface area contributed by atoms with Gasteiger partial charge in [-0.25, -0.2) is 9.37 Å². The van der Waals surface area contributed by atoms with E-state index in [1.807, 2.05) is 6.92 Å². The third kappa shape index (κ3) is 2.87. The number of hydrogen-bond donors (Lipinski definition) is 2. The highest BCUT2D eigenvalue weighted by molar-refractivity contribution is 5.38. The highest BCUT2D eigenvalue weighted by Crippen LogP contribution is 2.37. The summed E-state index contributed by atoms with van der Waals surface area (Å²) in [6.07, 6.45) is 2.17. The van der Waals surface area contributed by atoms with Crippen molar-refractivity contribution in [2.45, 2.75) is 31.7 Å². The van der Waals surface area contributed by atoms with Crippen LogP contribution in [0.3, 0.4) is 0 Å². The van der Waals surface area contributed by atoms with Gasteiger partial charge in [0.05, 0.1) is 0 Å². The van der Waals surface area contributed by atoms with Gasteiger partial charge in [-0.05, 0) is 37.5 Å². The van der Waals surface area contributed by atoms with Crippen LogP contribution in [0.4, 0.5) is 10.2 Å². The number of nitrogens with one attached hydrogen (secondary N) is 2. The van der Waals surface area contributed by atoms with Gasteiger partial charge in [-0.2, -0.15) is 0 Å². The van der Waals surface area contributed by atoms with Crippen molar-refractivity contribution < 1.29 is 4.39 Å². The molecular weight excluding hydrogens is 257 g/mol. The van der Waals surface area contributed by atoms with Gasteiger partial charge < -0.3 is 10.3 Å². The molecule has 4 nitrogen and oxygen atoms in total. The summed E-state index contributed by atoms with van der Waals surface area (Å²) in [5, 5.41) is 3.19. The predicted molar refractivity (Wildman–Crippen MR) is 75.3 cm³/mol. The summed E-state index contributed by atoms with van der Waals surface area (Å²) < 4.78 is 12.9. The Morgan fingerprint density at radius 1 is 1.35 bits per heavy atom. The summed E-state index contributed by atoms with van der Waals surface area (Å²) in [6.45, 7) is 1.95. The van der Waals surface area contributed by atoms with Gasteiger partial charge in [-0.3, -0.25) is 4.79 Å². The van der Waals surface area contributed by atoms with Crippen molar-refractivity contribution >= 4 is 5.82 Å². The minimum atomic E-state index is -0.258. The Hall–Kier alpha value is -2.17. The Labute approximate surface area is 116 Å². The summed E-state index contributed by atoms with van der Waals surface area (Å²) in [5.41, 5.74) is 0.803. The van der Waals surface area contributed by atoms with Crippen molar-refractivity contribution in [3.05, 3.63) is 57.9 Å². The Bertz CT molecular complexity index is 662. The van der Waals surface area contributed by atoms with E-state index in [4.69, 9.17) is 0 Å². The van der Waals surface area contributed by atoms with Gasteiger partial charge in [0.25, 0.3) is 5.56 Å². The molecule has 1 heterocycles. The van der Waals surface area contributed by atoms with Crippen LogP contribution in [-0.2, 0) is 0 Å². The zero-order valence-corrected chi connectivity index (χ0v) is 11.2. The molecule has 1 unspecified atom stereocenters. The van der Waals surface area contributed by atoms with E-state index >= 15 is 0 Å². The number of benzene rings is 1. The van der Waals surface area contributed by atoms with Crippen molar-refractivity contribution in [2.75, 3.05) is 5.32 Å². The fourth-order valence-electron chi connectivity index (χ4n) is 2.16. The number of rotatable bonds is 4. The molecule has 0 aliphatic heterocycles. The monoisotopic (exact) mass is 273 g/mol. The molecule has 2 N–H and O–H groups in total. The Morgan fingerprint density at radius 2 is 2.05 bits per heavy atom. The second kappa shape index (κ2) is 5.07. The third-order valence-corrected chi connectivity index (χ3v) is 3.46. The Kier molecular flexibility index (Phi) is 3.26. The first-order valence-electron chi connectivity index (χ1n) is 6.75. The van der Waals surface area contributed by atoms with E-state index in [-0.39, 0.29) is 17.4 Å².